The van der Waals surface area contributed by atoms with Crippen molar-refractivity contribution in [2.24, 2.45) is 12.8 Å². The number of aryl methyl sites for hydroxylation is 1. The molecule has 1 aliphatic rings. The highest BCUT2D eigenvalue weighted by molar-refractivity contribution is 6.30. The zero-order chi connectivity index (χ0) is 23.2. The first-order valence-corrected chi connectivity index (χ1v) is 11.9. The number of rotatable bonds is 9. The molecule has 2 aromatic carbocycles. The van der Waals surface area contributed by atoms with E-state index >= 15 is 0 Å². The number of nitrogens with zero attached hydrogens (tertiary/aromatic N) is 3. The first-order valence-electron chi connectivity index (χ1n) is 11.5. The molecular weight excluding hydrogens is 438 g/mol. The third kappa shape index (κ3) is 5.50. The lowest BCUT2D eigenvalue weighted by Gasteiger charge is -2.32. The van der Waals surface area contributed by atoms with Gasteiger partial charge in [0.25, 0.3) is 0 Å². The number of hydrogen-bond donors (Lipinski definition) is 2. The van der Waals surface area contributed by atoms with E-state index in [4.69, 9.17) is 22.2 Å². The fraction of sp³-hybridized carbons (Fsp3) is 0.400. The van der Waals surface area contributed by atoms with E-state index < -0.39 is 0 Å². The molecule has 33 heavy (non-hydrogen) atoms. The van der Waals surface area contributed by atoms with Gasteiger partial charge in [0, 0.05) is 44.3 Å². The zero-order valence-electron chi connectivity index (χ0n) is 19.0. The summed E-state index contributed by atoms with van der Waals surface area (Å²) in [5, 5.41) is 0.703. The molecule has 3 N–H and O–H groups in total. The van der Waals surface area contributed by atoms with Gasteiger partial charge in [-0.2, -0.15) is 0 Å². The van der Waals surface area contributed by atoms with E-state index in [0.717, 1.165) is 61.2 Å². The number of para-hydroxylation sites is 2. The van der Waals surface area contributed by atoms with Crippen molar-refractivity contribution in [1.29, 1.82) is 0 Å². The van der Waals surface area contributed by atoms with Crippen LogP contribution in [0.5, 0.6) is 0 Å². The van der Waals surface area contributed by atoms with Crippen LogP contribution < -0.4 is 16.9 Å². The highest BCUT2D eigenvalue weighted by atomic mass is 35.5. The van der Waals surface area contributed by atoms with Crippen LogP contribution >= 0.6 is 11.6 Å². The summed E-state index contributed by atoms with van der Waals surface area (Å²) in [4.78, 5) is 20.8. The number of hydrogen-bond acceptors (Lipinski definition) is 5. The van der Waals surface area contributed by atoms with Crippen LogP contribution in [0.15, 0.2) is 59.4 Å². The Kier molecular flexibility index (Phi) is 7.88. The smallest absolute Gasteiger partial charge is 0.328 e. The molecule has 7 nitrogen and oxygen atoms in total. The van der Waals surface area contributed by atoms with Crippen LogP contribution in [-0.4, -0.2) is 46.8 Å². The first-order chi connectivity index (χ1) is 16.1. The Morgan fingerprint density at radius 2 is 1.85 bits per heavy atom. The summed E-state index contributed by atoms with van der Waals surface area (Å²) in [6, 6.07) is 16.0. The molecule has 0 radical (unpaired) electrons. The van der Waals surface area contributed by atoms with Gasteiger partial charge in [-0.25, -0.2) is 4.79 Å². The van der Waals surface area contributed by atoms with Crippen molar-refractivity contribution in [1.82, 2.24) is 19.5 Å². The van der Waals surface area contributed by atoms with Crippen LogP contribution in [-0.2, 0) is 11.9 Å². The summed E-state index contributed by atoms with van der Waals surface area (Å²) in [7, 11) is 1.85. The molecule has 1 aliphatic heterocycles. The van der Waals surface area contributed by atoms with Gasteiger partial charge in [0.2, 0.25) is 0 Å². The molecule has 0 aliphatic carbocycles. The third-order valence-electron chi connectivity index (χ3n) is 6.27. The molecule has 8 heteroatoms. The van der Waals surface area contributed by atoms with Gasteiger partial charge in [-0.15, -0.1) is 0 Å². The van der Waals surface area contributed by atoms with Gasteiger partial charge in [0.05, 0.1) is 23.3 Å². The Morgan fingerprint density at radius 1 is 1.15 bits per heavy atom. The number of imidazole rings is 1. The predicted octanol–water partition coefficient (Wildman–Crippen LogP) is 3.54. The maximum absolute atomic E-state index is 12.8. The summed E-state index contributed by atoms with van der Waals surface area (Å²) in [5.41, 5.74) is 12.6. The Balaban J connectivity index is 1.36. The quantitative estimate of drug-likeness (QED) is 0.370. The Bertz CT molecular complexity index is 1140. The number of aromatic nitrogens is 2. The largest absolute Gasteiger partial charge is 0.329 e. The number of likely N-dealkylation sites (tertiary alicyclic amines) is 1. The van der Waals surface area contributed by atoms with Crippen LogP contribution in [0.3, 0.4) is 0 Å². The lowest BCUT2D eigenvalue weighted by Crippen LogP contribution is -2.38. The van der Waals surface area contributed by atoms with E-state index in [1.807, 2.05) is 60.1 Å². The van der Waals surface area contributed by atoms with E-state index in [2.05, 4.69) is 16.5 Å². The number of nitrogens with two attached hydrogens (primary N) is 1. The van der Waals surface area contributed by atoms with E-state index in [-0.39, 0.29) is 11.7 Å². The van der Waals surface area contributed by atoms with Crippen LogP contribution in [0.2, 0.25) is 5.02 Å². The van der Waals surface area contributed by atoms with Crippen molar-refractivity contribution in [3.8, 4) is 0 Å². The van der Waals surface area contributed by atoms with Crippen LogP contribution in [0.25, 0.3) is 16.7 Å². The van der Waals surface area contributed by atoms with Crippen LogP contribution in [0, 0.1) is 0 Å². The summed E-state index contributed by atoms with van der Waals surface area (Å²) in [6.07, 6.45) is 4.98. The molecular formula is C25H32ClN5O2. The number of benzene rings is 2. The second-order valence-electron chi connectivity index (χ2n) is 8.43. The van der Waals surface area contributed by atoms with Gasteiger partial charge in [-0.3, -0.25) is 19.5 Å². The molecule has 1 aromatic heterocycles. The Hall–Kier alpha value is -2.58. The second kappa shape index (κ2) is 11.0. The number of halogens is 1. The summed E-state index contributed by atoms with van der Waals surface area (Å²) in [5.74, 6) is 0. The molecule has 1 fully saturated rings. The monoisotopic (exact) mass is 469 g/mol. The highest BCUT2D eigenvalue weighted by Gasteiger charge is 2.24. The number of fused-ring (bicyclic) bond motifs is 1. The predicted molar refractivity (Wildman–Crippen MR) is 134 cm³/mol. The molecule has 0 spiro atoms. The normalized spacial score (nSPS) is 15.9. The van der Waals surface area contributed by atoms with Gasteiger partial charge >= 0.3 is 5.69 Å². The summed E-state index contributed by atoms with van der Waals surface area (Å²) in [6.45, 7) is 3.79. The number of piperidine rings is 1. The Morgan fingerprint density at radius 3 is 2.55 bits per heavy atom. The topological polar surface area (TPSA) is 77.5 Å². The summed E-state index contributed by atoms with van der Waals surface area (Å²) >= 11 is 6.03. The van der Waals surface area contributed by atoms with Crippen molar-refractivity contribution in [2.45, 2.75) is 25.3 Å². The lowest BCUT2D eigenvalue weighted by atomic mass is 10.0. The minimum absolute atomic E-state index is 0.0775. The molecule has 176 valence electrons. The summed E-state index contributed by atoms with van der Waals surface area (Å²) < 4.78 is 3.74. The van der Waals surface area contributed by atoms with Gasteiger partial charge in [-0.1, -0.05) is 41.9 Å². The van der Waals surface area contributed by atoms with Gasteiger partial charge in [0.1, 0.15) is 0 Å². The van der Waals surface area contributed by atoms with Crippen molar-refractivity contribution < 1.29 is 4.84 Å². The van der Waals surface area contributed by atoms with E-state index in [9.17, 15) is 4.79 Å². The molecule has 0 amide bonds. The molecule has 3 aromatic rings. The molecule has 0 unspecified atom stereocenters. The lowest BCUT2D eigenvalue weighted by molar-refractivity contribution is 0.0847. The fourth-order valence-electron chi connectivity index (χ4n) is 4.50. The zero-order valence-corrected chi connectivity index (χ0v) is 19.8. The van der Waals surface area contributed by atoms with Crippen molar-refractivity contribution >= 4 is 28.3 Å². The minimum atomic E-state index is 0.0775. The maximum Gasteiger partial charge on any atom is 0.329 e. The van der Waals surface area contributed by atoms with E-state index in [0.29, 0.717) is 18.2 Å². The second-order valence-corrected chi connectivity index (χ2v) is 8.86. The van der Waals surface area contributed by atoms with Gasteiger partial charge in [-0.05, 0) is 49.1 Å². The molecule has 2 heterocycles. The van der Waals surface area contributed by atoms with Crippen LogP contribution in [0.1, 0.15) is 30.9 Å². The van der Waals surface area contributed by atoms with Crippen LogP contribution in [0.4, 0.5) is 0 Å². The number of hydroxylamine groups is 1. The molecule has 4 rings (SSSR count). The maximum atomic E-state index is 12.8. The molecule has 0 saturated carbocycles. The van der Waals surface area contributed by atoms with E-state index in [1.165, 1.54) is 0 Å². The number of nitrogens with one attached hydrogen (secondary N) is 1. The standard InChI is InChI=1S/C25H32ClN5O2/c1-29-23-6-2-3-7-24(23)31(25(29)32)21-12-16-30(17-13-21)15-4-5-22(28-33-18-14-27)19-8-10-20(26)11-9-19/h2-3,5-11,21,28H,4,12-18,27H2,1H3. The SMILES string of the molecule is Cn1c(=O)n(C2CCN(CCC=C(NOCCN)c3ccc(Cl)cc3)CC2)c2ccccc21. The average Bonchev–Trinajstić information content (AvgIpc) is 3.09. The average molecular weight is 470 g/mol. The van der Waals surface area contributed by atoms with Gasteiger partial charge < -0.3 is 10.6 Å². The minimum Gasteiger partial charge on any atom is -0.328 e. The van der Waals surface area contributed by atoms with E-state index in [1.54, 1.807) is 4.57 Å². The first kappa shape index (κ1) is 23.6. The fourth-order valence-corrected chi connectivity index (χ4v) is 4.63. The van der Waals surface area contributed by atoms with Gasteiger partial charge in [0.15, 0.2) is 0 Å². The molecule has 0 atom stereocenters. The van der Waals surface area contributed by atoms with Crippen molar-refractivity contribution in [3.05, 3.63) is 75.7 Å². The Labute approximate surface area is 199 Å². The molecule has 1 saturated heterocycles. The van der Waals surface area contributed by atoms with Crippen molar-refractivity contribution in [2.75, 3.05) is 32.8 Å². The third-order valence-corrected chi connectivity index (χ3v) is 6.52. The van der Waals surface area contributed by atoms with Crippen molar-refractivity contribution in [3.63, 3.8) is 0 Å². The highest BCUT2D eigenvalue weighted by Crippen LogP contribution is 2.26. The molecule has 0 bridgehead atoms.